The van der Waals surface area contributed by atoms with Gasteiger partial charge in [0.05, 0.1) is 60.0 Å². The molecular formula is C33H40O6. The number of hydrogen-bond acceptors (Lipinski definition) is 6. The molecule has 0 heterocycles. The van der Waals surface area contributed by atoms with Crippen LogP contribution in [0, 0.1) is 5.41 Å². The number of hydrogen-bond donors (Lipinski definition) is 1. The van der Waals surface area contributed by atoms with E-state index in [2.05, 4.69) is 31.2 Å². The Morgan fingerprint density at radius 1 is 0.718 bits per heavy atom. The lowest BCUT2D eigenvalue weighted by Gasteiger charge is -2.43. The molecule has 6 heteroatoms. The Kier molecular flexibility index (Phi) is 10.6. The molecule has 0 amide bonds. The molecule has 208 valence electrons. The average molecular weight is 533 g/mol. The maximum atomic E-state index is 10.7. The highest BCUT2D eigenvalue weighted by atomic mass is 16.5. The van der Waals surface area contributed by atoms with Crippen molar-refractivity contribution < 1.29 is 28.8 Å². The van der Waals surface area contributed by atoms with Gasteiger partial charge in [0, 0.05) is 5.41 Å². The standard InChI is InChI=1S/C33H40O6/c1-33(24-34)29(23-38-19-25-10-6-4-7-11-25)28(15-17-32(33)39-21-26-12-8-5-9-13-26)22-37-20-27-14-16-30(35-2)31(18-27)36-3/h4-14,16,18,32,34H,15,17,19-24H2,1-3H3/t32-,33-/m0/s1. The third-order valence-electron chi connectivity index (χ3n) is 7.51. The molecule has 0 fully saturated rings. The van der Waals surface area contributed by atoms with Crippen LogP contribution in [0.25, 0.3) is 0 Å². The Hall–Kier alpha value is -3.16. The molecule has 0 radical (unpaired) electrons. The predicted molar refractivity (Wildman–Crippen MR) is 152 cm³/mol. The molecule has 0 aromatic heterocycles. The van der Waals surface area contributed by atoms with E-state index >= 15 is 0 Å². The second-order valence-electron chi connectivity index (χ2n) is 10.1. The van der Waals surface area contributed by atoms with Gasteiger partial charge < -0.3 is 28.8 Å². The van der Waals surface area contributed by atoms with Crippen molar-refractivity contribution in [3.8, 4) is 11.5 Å². The molecule has 4 rings (SSSR count). The molecule has 3 aromatic carbocycles. The second kappa shape index (κ2) is 14.3. The van der Waals surface area contributed by atoms with Gasteiger partial charge in [0.1, 0.15) is 0 Å². The van der Waals surface area contributed by atoms with E-state index in [4.69, 9.17) is 23.7 Å². The lowest BCUT2D eigenvalue weighted by molar-refractivity contribution is -0.0660. The zero-order valence-corrected chi connectivity index (χ0v) is 23.2. The van der Waals surface area contributed by atoms with Crippen LogP contribution in [-0.2, 0) is 34.0 Å². The Bertz CT molecular complexity index is 1190. The van der Waals surface area contributed by atoms with Crippen LogP contribution in [0.2, 0.25) is 0 Å². The maximum absolute atomic E-state index is 10.7. The summed E-state index contributed by atoms with van der Waals surface area (Å²) in [6.45, 7) is 4.36. The normalized spacial score (nSPS) is 19.2. The summed E-state index contributed by atoms with van der Waals surface area (Å²) >= 11 is 0. The van der Waals surface area contributed by atoms with E-state index in [0.717, 1.165) is 35.1 Å². The molecule has 0 aliphatic heterocycles. The average Bonchev–Trinajstić information content (AvgIpc) is 2.99. The molecule has 1 aliphatic carbocycles. The minimum atomic E-state index is -0.578. The first-order valence-electron chi connectivity index (χ1n) is 13.5. The summed E-state index contributed by atoms with van der Waals surface area (Å²) in [5, 5.41) is 10.7. The lowest BCUT2D eigenvalue weighted by atomic mass is 9.69. The van der Waals surface area contributed by atoms with Gasteiger partial charge in [-0.2, -0.15) is 0 Å². The number of aliphatic hydroxyl groups is 1. The van der Waals surface area contributed by atoms with Crippen LogP contribution in [0.5, 0.6) is 11.5 Å². The van der Waals surface area contributed by atoms with Crippen molar-refractivity contribution in [3.05, 3.63) is 107 Å². The van der Waals surface area contributed by atoms with Gasteiger partial charge in [-0.1, -0.05) is 73.7 Å². The van der Waals surface area contributed by atoms with E-state index in [1.807, 2.05) is 54.6 Å². The Balaban J connectivity index is 1.49. The van der Waals surface area contributed by atoms with Crippen LogP contribution in [0.15, 0.2) is 90.0 Å². The number of methoxy groups -OCH3 is 2. The first-order chi connectivity index (χ1) is 19.1. The summed E-state index contributed by atoms with van der Waals surface area (Å²) < 4.78 is 29.6. The zero-order chi connectivity index (χ0) is 27.5. The minimum Gasteiger partial charge on any atom is -0.493 e. The maximum Gasteiger partial charge on any atom is 0.161 e. The summed E-state index contributed by atoms with van der Waals surface area (Å²) in [7, 11) is 3.25. The molecule has 0 bridgehead atoms. The Labute approximate surface area is 232 Å². The quantitative estimate of drug-likeness (QED) is 0.253. The van der Waals surface area contributed by atoms with Crippen molar-refractivity contribution in [1.29, 1.82) is 0 Å². The van der Waals surface area contributed by atoms with Gasteiger partial charge in [-0.15, -0.1) is 0 Å². The fourth-order valence-electron chi connectivity index (χ4n) is 5.14. The van der Waals surface area contributed by atoms with Gasteiger partial charge in [0.25, 0.3) is 0 Å². The van der Waals surface area contributed by atoms with Crippen molar-refractivity contribution in [2.75, 3.05) is 34.0 Å². The zero-order valence-electron chi connectivity index (χ0n) is 23.2. The molecular weight excluding hydrogens is 492 g/mol. The van der Waals surface area contributed by atoms with E-state index < -0.39 is 5.41 Å². The van der Waals surface area contributed by atoms with Gasteiger partial charge in [-0.3, -0.25) is 0 Å². The summed E-state index contributed by atoms with van der Waals surface area (Å²) in [5.74, 6) is 1.37. The lowest BCUT2D eigenvalue weighted by Crippen LogP contribution is -2.44. The number of aliphatic hydroxyl groups excluding tert-OH is 1. The third-order valence-corrected chi connectivity index (χ3v) is 7.51. The van der Waals surface area contributed by atoms with Crippen molar-refractivity contribution >= 4 is 0 Å². The molecule has 2 atom stereocenters. The van der Waals surface area contributed by atoms with Gasteiger partial charge in [-0.25, -0.2) is 0 Å². The van der Waals surface area contributed by atoms with Crippen molar-refractivity contribution in [1.82, 2.24) is 0 Å². The topological polar surface area (TPSA) is 66.4 Å². The molecule has 0 spiro atoms. The van der Waals surface area contributed by atoms with E-state index in [-0.39, 0.29) is 12.7 Å². The highest BCUT2D eigenvalue weighted by Gasteiger charge is 2.42. The first-order valence-corrected chi connectivity index (χ1v) is 13.5. The fourth-order valence-corrected chi connectivity index (χ4v) is 5.14. The summed E-state index contributed by atoms with van der Waals surface area (Å²) in [4.78, 5) is 0. The monoisotopic (exact) mass is 532 g/mol. The Morgan fingerprint density at radius 2 is 1.33 bits per heavy atom. The van der Waals surface area contributed by atoms with Gasteiger partial charge in [-0.05, 0) is 52.8 Å². The van der Waals surface area contributed by atoms with Crippen molar-refractivity contribution in [2.45, 2.75) is 45.7 Å². The van der Waals surface area contributed by atoms with Crippen molar-refractivity contribution in [3.63, 3.8) is 0 Å². The summed E-state index contributed by atoms with van der Waals surface area (Å²) in [5.41, 5.74) is 4.89. The molecule has 1 N–H and O–H groups in total. The Morgan fingerprint density at radius 3 is 1.97 bits per heavy atom. The van der Waals surface area contributed by atoms with Crippen LogP contribution >= 0.6 is 0 Å². The van der Waals surface area contributed by atoms with Crippen molar-refractivity contribution in [2.24, 2.45) is 5.41 Å². The smallest absolute Gasteiger partial charge is 0.161 e. The van der Waals surface area contributed by atoms with E-state index in [9.17, 15) is 5.11 Å². The van der Waals surface area contributed by atoms with Gasteiger partial charge in [0.15, 0.2) is 11.5 Å². The fraction of sp³-hybridized carbons (Fsp3) is 0.394. The molecule has 3 aromatic rings. The first kappa shape index (κ1) is 28.8. The molecule has 0 saturated carbocycles. The molecule has 6 nitrogen and oxygen atoms in total. The SMILES string of the molecule is COc1ccc(COCC2=C(COCc3ccccc3)[C@](C)(CO)[C@@H](OCc3ccccc3)CC2)cc1OC. The number of benzene rings is 3. The summed E-state index contributed by atoms with van der Waals surface area (Å²) in [6.07, 6.45) is 1.50. The van der Waals surface area contributed by atoms with Gasteiger partial charge >= 0.3 is 0 Å². The highest BCUT2D eigenvalue weighted by molar-refractivity contribution is 5.42. The largest absolute Gasteiger partial charge is 0.493 e. The predicted octanol–water partition coefficient (Wildman–Crippen LogP) is 6.11. The van der Waals surface area contributed by atoms with Crippen LogP contribution in [0.1, 0.15) is 36.5 Å². The van der Waals surface area contributed by atoms with Gasteiger partial charge in [0.2, 0.25) is 0 Å². The van der Waals surface area contributed by atoms with E-state index in [1.165, 1.54) is 5.57 Å². The highest BCUT2D eigenvalue weighted by Crippen LogP contribution is 2.43. The van der Waals surface area contributed by atoms with E-state index in [1.54, 1.807) is 14.2 Å². The molecule has 1 aliphatic rings. The second-order valence-corrected chi connectivity index (χ2v) is 10.1. The summed E-state index contributed by atoms with van der Waals surface area (Å²) in [6, 6.07) is 26.1. The van der Waals surface area contributed by atoms with Crippen LogP contribution in [-0.4, -0.2) is 45.3 Å². The third kappa shape index (κ3) is 7.49. The molecule has 39 heavy (non-hydrogen) atoms. The number of ether oxygens (including phenoxy) is 5. The van der Waals surface area contributed by atoms with Crippen LogP contribution in [0.3, 0.4) is 0 Å². The van der Waals surface area contributed by atoms with Crippen LogP contribution in [0.4, 0.5) is 0 Å². The molecule has 0 unspecified atom stereocenters. The molecule has 0 saturated heterocycles. The number of rotatable bonds is 14. The minimum absolute atomic E-state index is 0.0321. The van der Waals surface area contributed by atoms with Crippen LogP contribution < -0.4 is 9.47 Å². The van der Waals surface area contributed by atoms with E-state index in [0.29, 0.717) is 44.5 Å².